The van der Waals surface area contributed by atoms with Gasteiger partial charge in [0.1, 0.15) is 11.6 Å². The van der Waals surface area contributed by atoms with Crippen molar-refractivity contribution in [2.24, 2.45) is 0 Å². The first-order valence-corrected chi connectivity index (χ1v) is 11.3. The fourth-order valence-corrected chi connectivity index (χ4v) is 4.58. The van der Waals surface area contributed by atoms with Gasteiger partial charge in [-0.3, -0.25) is 4.90 Å². The van der Waals surface area contributed by atoms with E-state index in [4.69, 9.17) is 19.3 Å². The van der Waals surface area contributed by atoms with Gasteiger partial charge in [0.25, 0.3) is 0 Å². The number of hydrogen-bond acceptors (Lipinski definition) is 6. The largest absolute Gasteiger partial charge is 0.511 e. The smallest absolute Gasteiger partial charge is 0.493 e. The van der Waals surface area contributed by atoms with Crippen LogP contribution in [-0.4, -0.2) is 52.0 Å². The van der Waals surface area contributed by atoms with Crippen molar-refractivity contribution in [1.29, 1.82) is 0 Å². The third-order valence-corrected chi connectivity index (χ3v) is 5.96. The fourth-order valence-electron chi connectivity index (χ4n) is 4.58. The Labute approximate surface area is 193 Å². The van der Waals surface area contributed by atoms with Gasteiger partial charge < -0.3 is 23.9 Å². The summed E-state index contributed by atoms with van der Waals surface area (Å²) in [5, 5.41) is 8.85. The fraction of sp³-hybridized carbons (Fsp3) is 0.440. The molecule has 0 saturated carbocycles. The Morgan fingerprint density at radius 3 is 2.58 bits per heavy atom. The molecule has 0 unspecified atom stereocenters. The average molecular weight is 454 g/mol. The van der Waals surface area contributed by atoms with Gasteiger partial charge in [-0.25, -0.2) is 9.78 Å². The lowest BCUT2D eigenvalue weighted by molar-refractivity contribution is 0.144. The Hall–Kier alpha value is -3.26. The van der Waals surface area contributed by atoms with Crippen molar-refractivity contribution in [2.75, 3.05) is 20.2 Å². The van der Waals surface area contributed by atoms with Crippen LogP contribution in [0.2, 0.25) is 0 Å². The third kappa shape index (κ3) is 5.22. The molecule has 0 spiro atoms. The van der Waals surface area contributed by atoms with E-state index in [1.54, 1.807) is 19.2 Å². The molecule has 1 aromatic heterocycles. The van der Waals surface area contributed by atoms with Crippen LogP contribution in [0.25, 0.3) is 11.0 Å². The molecule has 1 aliphatic heterocycles. The number of piperidine rings is 1. The topological polar surface area (TPSA) is 86.0 Å². The molecule has 2 heterocycles. The minimum absolute atomic E-state index is 0.0879. The molecular weight excluding hydrogens is 422 g/mol. The van der Waals surface area contributed by atoms with E-state index in [-0.39, 0.29) is 11.9 Å². The Bertz CT molecular complexity index is 1130. The van der Waals surface area contributed by atoms with E-state index in [2.05, 4.69) is 26.6 Å². The van der Waals surface area contributed by atoms with Crippen molar-refractivity contribution in [3.63, 3.8) is 0 Å². The number of imidazole rings is 1. The summed E-state index contributed by atoms with van der Waals surface area (Å²) >= 11 is 0. The molecule has 1 aliphatic rings. The van der Waals surface area contributed by atoms with Gasteiger partial charge in [-0.15, -0.1) is 0 Å². The normalized spacial score (nSPS) is 15.2. The van der Waals surface area contributed by atoms with E-state index in [1.165, 1.54) is 5.56 Å². The molecule has 0 radical (unpaired) electrons. The van der Waals surface area contributed by atoms with Gasteiger partial charge in [0.15, 0.2) is 11.5 Å². The second kappa shape index (κ2) is 9.70. The zero-order valence-electron chi connectivity index (χ0n) is 19.6. The van der Waals surface area contributed by atoms with Gasteiger partial charge >= 0.3 is 6.16 Å². The molecule has 33 heavy (non-hydrogen) atoms. The highest BCUT2D eigenvalue weighted by Gasteiger charge is 2.24. The molecule has 0 amide bonds. The molecular formula is C25H31N3O5. The molecule has 3 aromatic rings. The number of benzene rings is 2. The molecule has 1 saturated heterocycles. The van der Waals surface area contributed by atoms with Crippen LogP contribution in [0.4, 0.5) is 4.79 Å². The number of carboxylic acid groups (broad SMARTS) is 1. The first kappa shape index (κ1) is 22.9. The van der Waals surface area contributed by atoms with E-state index < -0.39 is 6.16 Å². The minimum Gasteiger partial charge on any atom is -0.493 e. The van der Waals surface area contributed by atoms with Gasteiger partial charge in [-0.2, -0.15) is 0 Å². The number of carbonyl (C=O) groups is 1. The number of ether oxygens (including phenoxy) is 3. The molecule has 0 bridgehead atoms. The Morgan fingerprint density at radius 2 is 1.91 bits per heavy atom. The molecule has 8 heteroatoms. The average Bonchev–Trinajstić information content (AvgIpc) is 3.08. The first-order chi connectivity index (χ1) is 15.8. The molecule has 8 nitrogen and oxygen atoms in total. The van der Waals surface area contributed by atoms with Gasteiger partial charge in [0.2, 0.25) is 0 Å². The number of rotatable bonds is 7. The van der Waals surface area contributed by atoms with E-state index in [9.17, 15) is 4.79 Å². The van der Waals surface area contributed by atoms with Crippen molar-refractivity contribution in [2.45, 2.75) is 52.3 Å². The maximum Gasteiger partial charge on any atom is 0.511 e. The maximum atomic E-state index is 10.8. The van der Waals surface area contributed by atoms with Crippen molar-refractivity contribution in [3.05, 3.63) is 47.8 Å². The summed E-state index contributed by atoms with van der Waals surface area (Å²) in [6, 6.07) is 11.8. The molecule has 0 atom stereocenters. The molecule has 0 aliphatic carbocycles. The number of methoxy groups -OCH3 is 1. The number of nitrogens with zero attached hydrogens (tertiary/aromatic N) is 3. The zero-order valence-corrected chi connectivity index (χ0v) is 19.6. The Morgan fingerprint density at radius 1 is 1.15 bits per heavy atom. The summed E-state index contributed by atoms with van der Waals surface area (Å²) in [4.78, 5) is 17.9. The van der Waals surface area contributed by atoms with E-state index in [1.807, 2.05) is 32.9 Å². The Balaban J connectivity index is 1.43. The molecule has 4 rings (SSSR count). The SMILES string of the molecule is COc1ccc(CN2CCC(n3c(C)nc4cc(OC(=O)O)ccc43)CC2)cc1OC(C)C. The van der Waals surface area contributed by atoms with Crippen LogP contribution >= 0.6 is 0 Å². The minimum atomic E-state index is -1.32. The molecule has 1 fully saturated rings. The van der Waals surface area contributed by atoms with Crippen molar-refractivity contribution in [3.8, 4) is 17.2 Å². The van der Waals surface area contributed by atoms with E-state index in [0.29, 0.717) is 6.04 Å². The summed E-state index contributed by atoms with van der Waals surface area (Å²) in [7, 11) is 1.66. The van der Waals surface area contributed by atoms with Crippen LogP contribution in [0.15, 0.2) is 36.4 Å². The first-order valence-electron chi connectivity index (χ1n) is 11.3. The highest BCUT2D eigenvalue weighted by molar-refractivity contribution is 5.79. The quantitative estimate of drug-likeness (QED) is 0.396. The van der Waals surface area contributed by atoms with Gasteiger partial charge in [0.05, 0.1) is 24.2 Å². The van der Waals surface area contributed by atoms with Gasteiger partial charge in [0, 0.05) is 31.7 Å². The summed E-state index contributed by atoms with van der Waals surface area (Å²) in [6.07, 6.45) is 0.804. The predicted molar refractivity (Wildman–Crippen MR) is 125 cm³/mol. The van der Waals surface area contributed by atoms with Gasteiger partial charge in [-0.05, 0) is 63.4 Å². The molecule has 176 valence electrons. The number of aromatic nitrogens is 2. The van der Waals surface area contributed by atoms with Crippen LogP contribution < -0.4 is 14.2 Å². The summed E-state index contributed by atoms with van der Waals surface area (Å²) in [5.74, 6) is 2.76. The van der Waals surface area contributed by atoms with E-state index >= 15 is 0 Å². The Kier molecular flexibility index (Phi) is 6.74. The predicted octanol–water partition coefficient (Wildman–Crippen LogP) is 5.03. The van der Waals surface area contributed by atoms with Crippen molar-refractivity contribution < 1.29 is 24.1 Å². The summed E-state index contributed by atoms with van der Waals surface area (Å²) in [6.45, 7) is 8.85. The number of likely N-dealkylation sites (tertiary alicyclic amines) is 1. The number of aryl methyl sites for hydroxylation is 1. The second-order valence-corrected chi connectivity index (χ2v) is 8.71. The lowest BCUT2D eigenvalue weighted by atomic mass is 10.0. The summed E-state index contributed by atoms with van der Waals surface area (Å²) in [5.41, 5.74) is 2.97. The highest BCUT2D eigenvalue weighted by atomic mass is 16.7. The van der Waals surface area contributed by atoms with Crippen LogP contribution in [0.3, 0.4) is 0 Å². The summed E-state index contributed by atoms with van der Waals surface area (Å²) < 4.78 is 18.4. The van der Waals surface area contributed by atoms with Gasteiger partial charge in [-0.1, -0.05) is 6.07 Å². The highest BCUT2D eigenvalue weighted by Crippen LogP contribution is 2.32. The second-order valence-electron chi connectivity index (χ2n) is 8.71. The lowest BCUT2D eigenvalue weighted by Gasteiger charge is -2.33. The third-order valence-electron chi connectivity index (χ3n) is 5.96. The van der Waals surface area contributed by atoms with Crippen LogP contribution in [0.5, 0.6) is 17.2 Å². The number of fused-ring (bicyclic) bond motifs is 1. The van der Waals surface area contributed by atoms with Crippen molar-refractivity contribution >= 4 is 17.2 Å². The van der Waals surface area contributed by atoms with Crippen LogP contribution in [0.1, 0.15) is 44.1 Å². The lowest BCUT2D eigenvalue weighted by Crippen LogP contribution is -2.34. The molecule has 1 N–H and O–H groups in total. The molecule has 2 aromatic carbocycles. The maximum absolute atomic E-state index is 10.8. The van der Waals surface area contributed by atoms with E-state index in [0.717, 1.165) is 60.8 Å². The van der Waals surface area contributed by atoms with Crippen LogP contribution in [-0.2, 0) is 6.54 Å². The zero-order chi connectivity index (χ0) is 23.5. The van der Waals surface area contributed by atoms with Crippen LogP contribution in [0, 0.1) is 6.92 Å². The standard InChI is InChI=1S/C25H31N3O5/c1-16(2)32-24-13-18(5-8-23(24)31-4)15-27-11-9-19(10-12-27)28-17(3)26-21-14-20(33-25(29)30)6-7-22(21)28/h5-8,13-14,16,19H,9-12,15H2,1-4H3,(H,29,30). The number of hydrogen-bond donors (Lipinski definition) is 1. The van der Waals surface area contributed by atoms with Crippen molar-refractivity contribution in [1.82, 2.24) is 14.5 Å². The monoisotopic (exact) mass is 453 g/mol.